The van der Waals surface area contributed by atoms with E-state index in [4.69, 9.17) is 14.2 Å². The Labute approximate surface area is 127 Å². The van der Waals surface area contributed by atoms with Crippen LogP contribution in [0, 0.1) is 5.92 Å². The van der Waals surface area contributed by atoms with Crippen molar-refractivity contribution < 1.29 is 19.3 Å². The summed E-state index contributed by atoms with van der Waals surface area (Å²) in [6.07, 6.45) is 4.56. The number of ether oxygens (including phenoxy) is 3. The van der Waals surface area contributed by atoms with E-state index in [1.165, 1.54) is 5.57 Å². The van der Waals surface area contributed by atoms with E-state index in [2.05, 4.69) is 26.8 Å². The van der Waals surface area contributed by atoms with Crippen LogP contribution in [0.1, 0.15) is 53.9 Å². The lowest BCUT2D eigenvalue weighted by Crippen LogP contribution is -2.50. The smallest absolute Gasteiger partial charge is 0.163 e. The molecule has 3 rings (SSSR count). The summed E-state index contributed by atoms with van der Waals surface area (Å²) in [7, 11) is 0. The van der Waals surface area contributed by atoms with Gasteiger partial charge in [-0.25, -0.2) is 0 Å². The van der Waals surface area contributed by atoms with Crippen molar-refractivity contribution in [1.82, 2.24) is 0 Å². The highest BCUT2D eigenvalue weighted by molar-refractivity contribution is 5.14. The molecule has 2 saturated heterocycles. The maximum absolute atomic E-state index is 10.5. The fourth-order valence-electron chi connectivity index (χ4n) is 4.02. The molecular formula is C17H28O4. The van der Waals surface area contributed by atoms with Crippen LogP contribution in [-0.2, 0) is 14.2 Å². The standard InChI is InChI=1S/C17H28O4/c1-10(2)6-9-13-17(5,20-13)14-11(18)7-8-12-15(14)21-16(3,4)19-12/h6,11-15,18H,7-9H2,1-5H3/t11-,12+,13?,14+,15+,17?/m0/s1. The van der Waals surface area contributed by atoms with Crippen molar-refractivity contribution in [2.24, 2.45) is 5.92 Å². The Morgan fingerprint density at radius 1 is 1.14 bits per heavy atom. The minimum absolute atomic E-state index is 0.00594. The lowest BCUT2D eigenvalue weighted by atomic mass is 9.73. The van der Waals surface area contributed by atoms with Gasteiger partial charge >= 0.3 is 0 Å². The highest BCUT2D eigenvalue weighted by Crippen LogP contribution is 2.53. The van der Waals surface area contributed by atoms with Gasteiger partial charge in [0, 0.05) is 5.92 Å². The van der Waals surface area contributed by atoms with Crippen molar-refractivity contribution in [3.63, 3.8) is 0 Å². The maximum Gasteiger partial charge on any atom is 0.163 e. The zero-order valence-electron chi connectivity index (χ0n) is 13.8. The molecule has 2 heterocycles. The van der Waals surface area contributed by atoms with Crippen LogP contribution in [0.2, 0.25) is 0 Å². The summed E-state index contributed by atoms with van der Waals surface area (Å²) in [6, 6.07) is 0. The fourth-order valence-corrected chi connectivity index (χ4v) is 4.02. The minimum atomic E-state index is -0.557. The van der Waals surface area contributed by atoms with E-state index < -0.39 is 5.79 Å². The number of hydrogen-bond donors (Lipinski definition) is 1. The van der Waals surface area contributed by atoms with Crippen molar-refractivity contribution in [2.75, 3.05) is 0 Å². The third-order valence-corrected chi connectivity index (χ3v) is 5.12. The van der Waals surface area contributed by atoms with E-state index in [-0.39, 0.29) is 35.9 Å². The molecule has 4 heteroatoms. The van der Waals surface area contributed by atoms with Gasteiger partial charge in [-0.3, -0.25) is 0 Å². The van der Waals surface area contributed by atoms with Gasteiger partial charge in [-0.15, -0.1) is 0 Å². The summed E-state index contributed by atoms with van der Waals surface area (Å²) >= 11 is 0. The fraction of sp³-hybridized carbons (Fsp3) is 0.882. The van der Waals surface area contributed by atoms with Gasteiger partial charge in [0.05, 0.1) is 24.4 Å². The van der Waals surface area contributed by atoms with Crippen LogP contribution in [0.15, 0.2) is 11.6 Å². The molecular weight excluding hydrogens is 268 g/mol. The van der Waals surface area contributed by atoms with E-state index in [0.717, 1.165) is 19.3 Å². The molecule has 0 aromatic carbocycles. The number of hydrogen-bond acceptors (Lipinski definition) is 4. The first-order valence-corrected chi connectivity index (χ1v) is 8.08. The Hall–Kier alpha value is -0.420. The molecule has 120 valence electrons. The third kappa shape index (κ3) is 2.79. The van der Waals surface area contributed by atoms with Crippen LogP contribution < -0.4 is 0 Å². The van der Waals surface area contributed by atoms with Gasteiger partial charge in [0.2, 0.25) is 0 Å². The third-order valence-electron chi connectivity index (χ3n) is 5.12. The van der Waals surface area contributed by atoms with Gasteiger partial charge in [-0.1, -0.05) is 11.6 Å². The zero-order valence-corrected chi connectivity index (χ0v) is 13.8. The van der Waals surface area contributed by atoms with Crippen molar-refractivity contribution in [3.8, 4) is 0 Å². The molecule has 21 heavy (non-hydrogen) atoms. The van der Waals surface area contributed by atoms with Gasteiger partial charge in [0.25, 0.3) is 0 Å². The molecule has 1 aliphatic carbocycles. The van der Waals surface area contributed by atoms with Gasteiger partial charge in [0.1, 0.15) is 5.60 Å². The molecule has 1 N–H and O–H groups in total. The molecule has 0 radical (unpaired) electrons. The molecule has 0 aromatic rings. The number of epoxide rings is 1. The molecule has 6 atom stereocenters. The Bertz CT molecular complexity index is 440. The average Bonchev–Trinajstić information content (AvgIpc) is 2.90. The van der Waals surface area contributed by atoms with Gasteiger partial charge in [-0.05, 0) is 53.9 Å². The first-order chi connectivity index (χ1) is 9.73. The van der Waals surface area contributed by atoms with Crippen LogP contribution in [0.5, 0.6) is 0 Å². The Morgan fingerprint density at radius 3 is 2.52 bits per heavy atom. The number of rotatable bonds is 3. The first kappa shape index (κ1) is 15.5. The average molecular weight is 296 g/mol. The number of allylic oxidation sites excluding steroid dienone is 1. The minimum Gasteiger partial charge on any atom is -0.393 e. The summed E-state index contributed by atoms with van der Waals surface area (Å²) in [4.78, 5) is 0. The van der Waals surface area contributed by atoms with Gasteiger partial charge in [-0.2, -0.15) is 0 Å². The van der Waals surface area contributed by atoms with E-state index in [1.54, 1.807) is 0 Å². The van der Waals surface area contributed by atoms with Crippen LogP contribution >= 0.6 is 0 Å². The van der Waals surface area contributed by atoms with Crippen molar-refractivity contribution >= 4 is 0 Å². The monoisotopic (exact) mass is 296 g/mol. The van der Waals surface area contributed by atoms with E-state index in [1.807, 2.05) is 13.8 Å². The van der Waals surface area contributed by atoms with Crippen molar-refractivity contribution in [1.29, 1.82) is 0 Å². The summed E-state index contributed by atoms with van der Waals surface area (Å²) < 4.78 is 18.1. The topological polar surface area (TPSA) is 51.2 Å². The van der Waals surface area contributed by atoms with Crippen LogP contribution in [-0.4, -0.2) is 40.9 Å². The van der Waals surface area contributed by atoms with Crippen LogP contribution in [0.3, 0.4) is 0 Å². The second kappa shape index (κ2) is 5.05. The van der Waals surface area contributed by atoms with E-state index in [9.17, 15) is 5.11 Å². The molecule has 0 amide bonds. The summed E-state index contributed by atoms with van der Waals surface area (Å²) in [5.74, 6) is -0.563. The molecule has 0 aromatic heterocycles. The molecule has 3 aliphatic rings. The number of aliphatic hydroxyl groups excluding tert-OH is 1. The molecule has 3 fully saturated rings. The number of fused-ring (bicyclic) bond motifs is 1. The van der Waals surface area contributed by atoms with Crippen LogP contribution in [0.4, 0.5) is 0 Å². The normalized spacial score (nSPS) is 47.8. The lowest BCUT2D eigenvalue weighted by Gasteiger charge is -2.38. The molecule has 2 unspecified atom stereocenters. The molecule has 1 saturated carbocycles. The SMILES string of the molecule is CC(C)=CCC1OC1(C)[C@H]1[C@@H]2OC(C)(C)O[C@@H]2CC[C@@H]1O. The first-order valence-electron chi connectivity index (χ1n) is 8.08. The van der Waals surface area contributed by atoms with Crippen molar-refractivity contribution in [2.45, 2.75) is 89.7 Å². The van der Waals surface area contributed by atoms with Crippen molar-refractivity contribution in [3.05, 3.63) is 11.6 Å². The lowest BCUT2D eigenvalue weighted by molar-refractivity contribution is -0.154. The Balaban J connectivity index is 1.75. The second-order valence-electron chi connectivity index (χ2n) is 7.62. The van der Waals surface area contributed by atoms with Gasteiger partial charge < -0.3 is 19.3 Å². The van der Waals surface area contributed by atoms with Crippen LogP contribution in [0.25, 0.3) is 0 Å². The second-order valence-corrected chi connectivity index (χ2v) is 7.62. The molecule has 4 nitrogen and oxygen atoms in total. The van der Waals surface area contributed by atoms with Gasteiger partial charge in [0.15, 0.2) is 5.79 Å². The predicted molar refractivity (Wildman–Crippen MR) is 79.9 cm³/mol. The summed E-state index contributed by atoms with van der Waals surface area (Å²) in [6.45, 7) is 10.2. The molecule has 0 spiro atoms. The largest absolute Gasteiger partial charge is 0.393 e. The Morgan fingerprint density at radius 2 is 1.86 bits per heavy atom. The number of aliphatic hydroxyl groups is 1. The molecule has 0 bridgehead atoms. The summed E-state index contributed by atoms with van der Waals surface area (Å²) in [5, 5.41) is 10.5. The quantitative estimate of drug-likeness (QED) is 0.643. The maximum atomic E-state index is 10.5. The highest BCUT2D eigenvalue weighted by atomic mass is 16.8. The molecule has 2 aliphatic heterocycles. The predicted octanol–water partition coefficient (Wildman–Crippen LogP) is 2.79. The zero-order chi connectivity index (χ0) is 15.4. The Kier molecular flexibility index (Phi) is 3.72. The van der Waals surface area contributed by atoms with E-state index >= 15 is 0 Å². The summed E-state index contributed by atoms with van der Waals surface area (Å²) in [5.41, 5.74) is 1.01. The highest BCUT2D eigenvalue weighted by Gasteiger charge is 2.65. The van der Waals surface area contributed by atoms with E-state index in [0.29, 0.717) is 0 Å².